The summed E-state index contributed by atoms with van der Waals surface area (Å²) >= 11 is 0. The van der Waals surface area contributed by atoms with E-state index in [1.165, 1.54) is 5.56 Å². The zero-order valence-corrected chi connectivity index (χ0v) is 14.6. The molecule has 0 saturated heterocycles. The molecule has 0 aliphatic carbocycles. The molecular formula is C17H29NO2S. The topological polar surface area (TPSA) is 46.2 Å². The van der Waals surface area contributed by atoms with Crippen molar-refractivity contribution in [2.45, 2.75) is 53.0 Å². The molecule has 1 aromatic carbocycles. The normalized spacial score (nSPS) is 13.3. The van der Waals surface area contributed by atoms with Gasteiger partial charge in [0.15, 0.2) is 9.84 Å². The maximum atomic E-state index is 12.3. The van der Waals surface area contributed by atoms with Crippen molar-refractivity contribution in [3.63, 3.8) is 0 Å². The average molecular weight is 311 g/mol. The van der Waals surface area contributed by atoms with Gasteiger partial charge in [0.05, 0.1) is 11.5 Å². The third-order valence-electron chi connectivity index (χ3n) is 3.73. The summed E-state index contributed by atoms with van der Waals surface area (Å²) in [4.78, 5) is 0. The van der Waals surface area contributed by atoms with Crippen LogP contribution in [0.4, 0.5) is 0 Å². The third-order valence-corrected chi connectivity index (χ3v) is 5.48. The number of aryl methyl sites for hydroxylation is 2. The van der Waals surface area contributed by atoms with Gasteiger partial charge in [0.1, 0.15) is 0 Å². The van der Waals surface area contributed by atoms with Crippen LogP contribution in [0.3, 0.4) is 0 Å². The number of unbranched alkanes of at least 4 members (excludes halogenated alkanes) is 2. The lowest BCUT2D eigenvalue weighted by molar-refractivity contribution is 0.555. The van der Waals surface area contributed by atoms with Crippen molar-refractivity contribution < 1.29 is 8.42 Å². The number of sulfone groups is 1. The number of hydrogen-bond acceptors (Lipinski definition) is 3. The molecule has 0 heterocycles. The van der Waals surface area contributed by atoms with E-state index in [9.17, 15) is 8.42 Å². The van der Waals surface area contributed by atoms with Crippen molar-refractivity contribution in [1.82, 2.24) is 5.32 Å². The fourth-order valence-corrected chi connectivity index (χ4v) is 4.25. The quantitative estimate of drug-likeness (QED) is 0.709. The average Bonchev–Trinajstić information content (AvgIpc) is 2.38. The van der Waals surface area contributed by atoms with Crippen LogP contribution in [0.5, 0.6) is 0 Å². The number of benzene rings is 1. The summed E-state index contributed by atoms with van der Waals surface area (Å²) in [6, 6.07) is 6.11. The van der Waals surface area contributed by atoms with Gasteiger partial charge in [0.25, 0.3) is 0 Å². The number of rotatable bonds is 9. The highest BCUT2D eigenvalue weighted by Crippen LogP contribution is 2.21. The second-order valence-electron chi connectivity index (χ2n) is 5.79. The molecule has 1 N–H and O–H groups in total. The second-order valence-corrected chi connectivity index (χ2v) is 8.02. The van der Waals surface area contributed by atoms with Gasteiger partial charge in [-0.15, -0.1) is 0 Å². The Kier molecular flexibility index (Phi) is 7.40. The van der Waals surface area contributed by atoms with Crippen LogP contribution in [0, 0.1) is 13.8 Å². The molecule has 0 radical (unpaired) electrons. The molecule has 1 aromatic rings. The Balaban J connectivity index is 2.86. The summed E-state index contributed by atoms with van der Waals surface area (Å²) in [6.07, 6.45) is 2.79. The van der Waals surface area contributed by atoms with Crippen molar-refractivity contribution >= 4 is 9.84 Å². The molecule has 0 amide bonds. The summed E-state index contributed by atoms with van der Waals surface area (Å²) in [7, 11) is -3.01. The fraction of sp³-hybridized carbons (Fsp3) is 0.647. The Morgan fingerprint density at radius 3 is 2.43 bits per heavy atom. The Hall–Kier alpha value is -0.870. The summed E-state index contributed by atoms with van der Waals surface area (Å²) in [5.41, 5.74) is 3.46. The number of hydrogen-bond donors (Lipinski definition) is 1. The first-order chi connectivity index (χ1) is 9.89. The largest absolute Gasteiger partial charge is 0.309 e. The minimum atomic E-state index is -3.01. The van der Waals surface area contributed by atoms with Gasteiger partial charge in [-0.3, -0.25) is 0 Å². The molecule has 1 unspecified atom stereocenters. The zero-order chi connectivity index (χ0) is 15.9. The van der Waals surface area contributed by atoms with E-state index in [-0.39, 0.29) is 11.8 Å². The van der Waals surface area contributed by atoms with E-state index >= 15 is 0 Å². The van der Waals surface area contributed by atoms with E-state index < -0.39 is 9.84 Å². The van der Waals surface area contributed by atoms with Crippen LogP contribution < -0.4 is 5.32 Å². The molecule has 1 rings (SSSR count). The van der Waals surface area contributed by atoms with E-state index in [2.05, 4.69) is 44.3 Å². The first-order valence-electron chi connectivity index (χ1n) is 7.90. The minimum absolute atomic E-state index is 0.109. The third kappa shape index (κ3) is 6.18. The summed E-state index contributed by atoms with van der Waals surface area (Å²) < 4.78 is 24.6. The van der Waals surface area contributed by atoms with Gasteiger partial charge in [0.2, 0.25) is 0 Å². The van der Waals surface area contributed by atoms with Crippen molar-refractivity contribution in [2.24, 2.45) is 0 Å². The Morgan fingerprint density at radius 2 is 1.86 bits per heavy atom. The van der Waals surface area contributed by atoms with E-state index in [1.807, 2.05) is 6.92 Å². The van der Waals surface area contributed by atoms with Crippen LogP contribution in [0.1, 0.15) is 55.8 Å². The molecule has 0 aliphatic rings. The van der Waals surface area contributed by atoms with Gasteiger partial charge < -0.3 is 5.32 Å². The Morgan fingerprint density at radius 1 is 1.14 bits per heavy atom. The van der Waals surface area contributed by atoms with Crippen LogP contribution in [0.15, 0.2) is 18.2 Å². The van der Waals surface area contributed by atoms with Gasteiger partial charge in [-0.25, -0.2) is 8.42 Å². The molecule has 1 atom stereocenters. The van der Waals surface area contributed by atoms with Crippen LogP contribution >= 0.6 is 0 Å². The highest BCUT2D eigenvalue weighted by molar-refractivity contribution is 7.91. The molecule has 120 valence electrons. The standard InChI is InChI=1S/C17H29NO2S/c1-5-7-8-11-21(19,20)13-17(18-6-2)16-10-9-14(3)12-15(16)4/h9-10,12,17-18H,5-8,11,13H2,1-4H3. The SMILES string of the molecule is CCCCCS(=O)(=O)CC(NCC)c1ccc(C)cc1C. The van der Waals surface area contributed by atoms with Crippen molar-refractivity contribution in [3.8, 4) is 0 Å². The van der Waals surface area contributed by atoms with Gasteiger partial charge >= 0.3 is 0 Å². The lowest BCUT2D eigenvalue weighted by Gasteiger charge is -2.21. The summed E-state index contributed by atoms with van der Waals surface area (Å²) in [5.74, 6) is 0.488. The zero-order valence-electron chi connectivity index (χ0n) is 13.8. The van der Waals surface area contributed by atoms with Crippen LogP contribution in [0.25, 0.3) is 0 Å². The summed E-state index contributed by atoms with van der Waals surface area (Å²) in [6.45, 7) is 8.98. The number of nitrogens with one attached hydrogen (secondary N) is 1. The lowest BCUT2D eigenvalue weighted by Crippen LogP contribution is -2.29. The molecule has 0 saturated carbocycles. The van der Waals surface area contributed by atoms with Gasteiger partial charge in [-0.2, -0.15) is 0 Å². The van der Waals surface area contributed by atoms with Crippen molar-refractivity contribution in [1.29, 1.82) is 0 Å². The Labute approximate surface area is 130 Å². The smallest absolute Gasteiger partial charge is 0.152 e. The predicted octanol–water partition coefficient (Wildman–Crippen LogP) is 3.56. The molecule has 4 heteroatoms. The minimum Gasteiger partial charge on any atom is -0.309 e. The first kappa shape index (κ1) is 18.2. The van der Waals surface area contributed by atoms with Gasteiger partial charge in [-0.1, -0.05) is 50.5 Å². The molecule has 0 fully saturated rings. The molecule has 0 bridgehead atoms. The molecule has 21 heavy (non-hydrogen) atoms. The van der Waals surface area contributed by atoms with E-state index in [0.717, 1.165) is 36.9 Å². The van der Waals surface area contributed by atoms with E-state index in [4.69, 9.17) is 0 Å². The van der Waals surface area contributed by atoms with Gasteiger partial charge in [0, 0.05) is 6.04 Å². The van der Waals surface area contributed by atoms with E-state index in [1.54, 1.807) is 0 Å². The Bertz CT molecular complexity index is 538. The predicted molar refractivity (Wildman–Crippen MR) is 90.5 cm³/mol. The van der Waals surface area contributed by atoms with Crippen LogP contribution in [-0.4, -0.2) is 26.5 Å². The maximum Gasteiger partial charge on any atom is 0.152 e. The monoisotopic (exact) mass is 311 g/mol. The van der Waals surface area contributed by atoms with Crippen LogP contribution in [0.2, 0.25) is 0 Å². The molecule has 0 aliphatic heterocycles. The second kappa shape index (κ2) is 8.54. The first-order valence-corrected chi connectivity index (χ1v) is 9.72. The van der Waals surface area contributed by atoms with Crippen molar-refractivity contribution in [2.75, 3.05) is 18.1 Å². The molecule has 0 aromatic heterocycles. The molecule has 0 spiro atoms. The van der Waals surface area contributed by atoms with Crippen LogP contribution in [-0.2, 0) is 9.84 Å². The van der Waals surface area contributed by atoms with E-state index in [0.29, 0.717) is 5.75 Å². The molecule has 3 nitrogen and oxygen atoms in total. The highest BCUT2D eigenvalue weighted by atomic mass is 32.2. The summed E-state index contributed by atoms with van der Waals surface area (Å²) in [5, 5.41) is 3.33. The maximum absolute atomic E-state index is 12.3. The molecular weight excluding hydrogens is 282 g/mol. The van der Waals surface area contributed by atoms with Crippen molar-refractivity contribution in [3.05, 3.63) is 34.9 Å². The fourth-order valence-electron chi connectivity index (χ4n) is 2.63. The highest BCUT2D eigenvalue weighted by Gasteiger charge is 2.21. The lowest BCUT2D eigenvalue weighted by atomic mass is 10.0. The van der Waals surface area contributed by atoms with Gasteiger partial charge in [-0.05, 0) is 37.9 Å².